The van der Waals surface area contributed by atoms with Gasteiger partial charge in [0, 0.05) is 0 Å². The van der Waals surface area contributed by atoms with Gasteiger partial charge in [0.05, 0.1) is 6.00 Å². The zero-order valence-electron chi connectivity index (χ0n) is 5.24. The quantitative estimate of drug-likeness (QED) is 0.379. The Labute approximate surface area is 54.4 Å². The summed E-state index contributed by atoms with van der Waals surface area (Å²) in [4.78, 5) is 0. The van der Waals surface area contributed by atoms with Crippen molar-refractivity contribution in [2.24, 2.45) is 0 Å². The Balaban J connectivity index is 2.65. The minimum Gasteiger partial charge on any atom is -0.499 e. The van der Waals surface area contributed by atoms with E-state index in [-0.39, 0.29) is 11.8 Å². The van der Waals surface area contributed by atoms with E-state index in [0.717, 1.165) is 0 Å². The second kappa shape index (κ2) is 2.04. The third-order valence-corrected chi connectivity index (χ3v) is 1.47. The van der Waals surface area contributed by atoms with E-state index in [0.29, 0.717) is 0 Å². The minimum absolute atomic E-state index is 0.259. The van der Waals surface area contributed by atoms with Crippen molar-refractivity contribution in [3.05, 3.63) is 12.3 Å². The smallest absolute Gasteiger partial charge is 0.158 e. The first-order valence-electron chi connectivity index (χ1n) is 2.84. The molecule has 1 fully saturated rings. The van der Waals surface area contributed by atoms with Crippen LogP contribution in [0.3, 0.4) is 0 Å². The van der Waals surface area contributed by atoms with Gasteiger partial charge < -0.3 is 14.9 Å². The first kappa shape index (κ1) is 6.64. The molecule has 0 radical (unpaired) electrons. The van der Waals surface area contributed by atoms with Crippen molar-refractivity contribution in [3.63, 3.8) is 0 Å². The molecule has 0 aromatic rings. The Bertz CT molecular complexity index is 136. The van der Waals surface area contributed by atoms with Gasteiger partial charge in [0.1, 0.15) is 18.0 Å². The molecule has 1 aliphatic heterocycles. The lowest BCUT2D eigenvalue weighted by Crippen LogP contribution is -2.29. The van der Waals surface area contributed by atoms with Crippen LogP contribution in [0.15, 0.2) is 12.3 Å². The largest absolute Gasteiger partial charge is 0.499 e. The van der Waals surface area contributed by atoms with Gasteiger partial charge in [-0.2, -0.15) is 0 Å². The fourth-order valence-electron chi connectivity index (χ4n) is 0.825. The number of hydrogen-bond donors (Lipinski definition) is 2. The summed E-state index contributed by atoms with van der Waals surface area (Å²) in [5, 5.41) is 18.0. The van der Waals surface area contributed by atoms with E-state index in [9.17, 15) is 0 Å². The number of rotatable bonds is 0. The summed E-state index contributed by atoms with van der Waals surface area (Å²) in [5.74, 6) is 0.259. The first-order valence-corrected chi connectivity index (χ1v) is 2.84. The van der Waals surface area contributed by atoms with Gasteiger partial charge in [0.25, 0.3) is 0 Å². The SMILES string of the molecule is B[C@@H]1OC(=C)[C@@H](O)[C@H]1O. The molecule has 1 rings (SSSR count). The first-order chi connectivity index (χ1) is 4.13. The average Bonchev–Trinajstić information content (AvgIpc) is 1.98. The minimum atomic E-state index is -0.903. The Hall–Kier alpha value is -0.475. The lowest BCUT2D eigenvalue weighted by atomic mass is 9.94. The van der Waals surface area contributed by atoms with Crippen LogP contribution in [-0.2, 0) is 4.74 Å². The van der Waals surface area contributed by atoms with Gasteiger partial charge in [-0.1, -0.05) is 6.58 Å². The molecule has 9 heavy (non-hydrogen) atoms. The summed E-state index contributed by atoms with van der Waals surface area (Å²) in [6.45, 7) is 3.40. The molecule has 1 heterocycles. The van der Waals surface area contributed by atoms with Gasteiger partial charge in [-0.3, -0.25) is 0 Å². The lowest BCUT2D eigenvalue weighted by Gasteiger charge is -2.06. The van der Waals surface area contributed by atoms with Crippen LogP contribution in [0.4, 0.5) is 0 Å². The van der Waals surface area contributed by atoms with Crippen molar-refractivity contribution < 1.29 is 14.9 Å². The van der Waals surface area contributed by atoms with Crippen LogP contribution in [0.25, 0.3) is 0 Å². The Kier molecular flexibility index (Phi) is 1.51. The van der Waals surface area contributed by atoms with Crippen molar-refractivity contribution >= 4 is 7.85 Å². The monoisotopic (exact) mass is 128 g/mol. The van der Waals surface area contributed by atoms with Gasteiger partial charge in [-0.25, -0.2) is 0 Å². The third-order valence-electron chi connectivity index (χ3n) is 1.47. The number of aliphatic hydroxyl groups excluding tert-OH is 2. The zero-order valence-corrected chi connectivity index (χ0v) is 5.24. The maximum Gasteiger partial charge on any atom is 0.158 e. The van der Waals surface area contributed by atoms with Crippen LogP contribution in [0.5, 0.6) is 0 Å². The van der Waals surface area contributed by atoms with Crippen molar-refractivity contribution in [1.29, 1.82) is 0 Å². The van der Waals surface area contributed by atoms with Gasteiger partial charge in [-0.05, 0) is 0 Å². The molecule has 0 unspecified atom stereocenters. The number of hydrogen-bond acceptors (Lipinski definition) is 3. The molecule has 0 aliphatic carbocycles. The van der Waals surface area contributed by atoms with Crippen LogP contribution in [-0.4, -0.2) is 36.3 Å². The summed E-state index contributed by atoms with van der Waals surface area (Å²) >= 11 is 0. The molecule has 0 aromatic carbocycles. The summed E-state index contributed by atoms with van der Waals surface area (Å²) in [5.41, 5.74) is 0. The van der Waals surface area contributed by atoms with E-state index in [1.165, 1.54) is 0 Å². The molecule has 1 saturated heterocycles. The Morgan fingerprint density at radius 3 is 2.22 bits per heavy atom. The van der Waals surface area contributed by atoms with E-state index < -0.39 is 12.2 Å². The van der Waals surface area contributed by atoms with Crippen LogP contribution < -0.4 is 0 Å². The topological polar surface area (TPSA) is 49.7 Å². The van der Waals surface area contributed by atoms with Crippen molar-refractivity contribution in [2.45, 2.75) is 18.2 Å². The third kappa shape index (κ3) is 0.953. The summed E-state index contributed by atoms with van der Waals surface area (Å²) in [7, 11) is 1.69. The molecule has 4 heteroatoms. The molecule has 1 aliphatic rings. The van der Waals surface area contributed by atoms with Gasteiger partial charge in [0.15, 0.2) is 7.85 Å². The zero-order chi connectivity index (χ0) is 7.02. The van der Waals surface area contributed by atoms with E-state index in [1.807, 2.05) is 0 Å². The summed E-state index contributed by atoms with van der Waals surface area (Å²) in [6.07, 6.45) is -1.71. The second-order valence-corrected chi connectivity index (χ2v) is 2.22. The standard InChI is InChI=1S/C5H9BO3/c1-2-3(7)4(8)5(6)9-2/h3-5,7-8H,1,6H2/t3-,4-,5-/m1/s1. The lowest BCUT2D eigenvalue weighted by molar-refractivity contribution is 0.0527. The van der Waals surface area contributed by atoms with Gasteiger partial charge in [-0.15, -0.1) is 0 Å². The molecule has 0 amide bonds. The average molecular weight is 128 g/mol. The van der Waals surface area contributed by atoms with Gasteiger partial charge in [0.2, 0.25) is 0 Å². The molecule has 0 saturated carbocycles. The van der Waals surface area contributed by atoms with E-state index >= 15 is 0 Å². The predicted octanol–water partition coefficient (Wildman–Crippen LogP) is -1.79. The molecule has 0 bridgehead atoms. The molecule has 2 N–H and O–H groups in total. The number of aliphatic hydroxyl groups is 2. The van der Waals surface area contributed by atoms with Crippen LogP contribution in [0.1, 0.15) is 0 Å². The van der Waals surface area contributed by atoms with E-state index in [2.05, 4.69) is 6.58 Å². The highest BCUT2D eigenvalue weighted by molar-refractivity contribution is 6.11. The van der Waals surface area contributed by atoms with Crippen LogP contribution >= 0.6 is 0 Å². The van der Waals surface area contributed by atoms with Crippen molar-refractivity contribution in [3.8, 4) is 0 Å². The normalized spacial score (nSPS) is 42.9. The maximum atomic E-state index is 9.00. The summed E-state index contributed by atoms with van der Waals surface area (Å²) < 4.78 is 4.89. The molecule has 0 spiro atoms. The highest BCUT2D eigenvalue weighted by Gasteiger charge is 2.34. The molecular weight excluding hydrogens is 119 g/mol. The molecule has 50 valence electrons. The Morgan fingerprint density at radius 1 is 1.56 bits per heavy atom. The fraction of sp³-hybridized carbons (Fsp3) is 0.600. The van der Waals surface area contributed by atoms with Crippen LogP contribution in [0.2, 0.25) is 0 Å². The Morgan fingerprint density at radius 2 is 2.11 bits per heavy atom. The second-order valence-electron chi connectivity index (χ2n) is 2.22. The molecule has 3 nitrogen and oxygen atoms in total. The maximum absolute atomic E-state index is 9.00. The highest BCUT2D eigenvalue weighted by atomic mass is 16.5. The predicted molar refractivity (Wildman–Crippen MR) is 34.6 cm³/mol. The number of ether oxygens (including phenoxy) is 1. The fourth-order valence-corrected chi connectivity index (χ4v) is 0.825. The molecule has 0 aromatic heterocycles. The van der Waals surface area contributed by atoms with Crippen molar-refractivity contribution in [1.82, 2.24) is 0 Å². The van der Waals surface area contributed by atoms with Crippen LogP contribution in [0, 0.1) is 0 Å². The van der Waals surface area contributed by atoms with E-state index in [1.54, 1.807) is 7.85 Å². The summed E-state index contributed by atoms with van der Waals surface area (Å²) in [6, 6.07) is -0.326. The van der Waals surface area contributed by atoms with E-state index in [4.69, 9.17) is 14.9 Å². The van der Waals surface area contributed by atoms with Crippen molar-refractivity contribution in [2.75, 3.05) is 0 Å². The molecular formula is C5H9BO3. The highest BCUT2D eigenvalue weighted by Crippen LogP contribution is 2.20. The van der Waals surface area contributed by atoms with Gasteiger partial charge >= 0.3 is 0 Å². The molecule has 3 atom stereocenters.